The minimum Gasteiger partial charge on any atom is -0.393 e. The third-order valence-electron chi connectivity index (χ3n) is 1.94. The van der Waals surface area contributed by atoms with E-state index in [9.17, 15) is 0 Å². The average Bonchev–Trinajstić information content (AvgIpc) is 2.26. The molecule has 1 rings (SSSR count). The van der Waals surface area contributed by atoms with Gasteiger partial charge in [-0.3, -0.25) is 0 Å². The maximum Gasteiger partial charge on any atom is 0.154 e. The van der Waals surface area contributed by atoms with Crippen LogP contribution in [0.1, 0.15) is 6.42 Å². The number of nitrogens with one attached hydrogen (secondary N) is 2. The van der Waals surface area contributed by atoms with Crippen molar-refractivity contribution in [1.82, 2.24) is 9.97 Å². The molecule has 6 heteroatoms. The average molecular weight is 211 g/mol. The lowest BCUT2D eigenvalue weighted by Crippen LogP contribution is -2.10. The second-order valence-corrected chi connectivity index (χ2v) is 3.01. The number of anilines is 3. The van der Waals surface area contributed by atoms with Gasteiger partial charge >= 0.3 is 0 Å². The largest absolute Gasteiger partial charge is 0.393 e. The lowest BCUT2D eigenvalue weighted by Gasteiger charge is -2.10. The molecule has 0 bridgehead atoms. The van der Waals surface area contributed by atoms with E-state index in [0.717, 1.165) is 19.6 Å². The highest BCUT2D eigenvalue weighted by molar-refractivity contribution is 5.73. The van der Waals surface area contributed by atoms with Crippen LogP contribution in [-0.2, 0) is 4.74 Å². The molecule has 1 aromatic heterocycles. The van der Waals surface area contributed by atoms with Crippen LogP contribution >= 0.6 is 0 Å². The van der Waals surface area contributed by atoms with Crippen LogP contribution in [0.2, 0.25) is 0 Å². The quantitative estimate of drug-likeness (QED) is 0.596. The van der Waals surface area contributed by atoms with Gasteiger partial charge in [-0.2, -0.15) is 0 Å². The summed E-state index contributed by atoms with van der Waals surface area (Å²) in [5, 5.41) is 6.02. The normalized spacial score (nSPS) is 10.0. The minimum atomic E-state index is 0.539. The molecule has 0 atom stereocenters. The SMILES string of the molecule is CNc1ncnc(NCCCOC)c1N. The van der Waals surface area contributed by atoms with Crippen molar-refractivity contribution >= 4 is 17.3 Å². The van der Waals surface area contributed by atoms with Crippen LogP contribution in [0.25, 0.3) is 0 Å². The van der Waals surface area contributed by atoms with E-state index in [2.05, 4.69) is 20.6 Å². The zero-order chi connectivity index (χ0) is 11.1. The zero-order valence-electron chi connectivity index (χ0n) is 9.08. The van der Waals surface area contributed by atoms with E-state index < -0.39 is 0 Å². The number of nitrogens with zero attached hydrogens (tertiary/aromatic N) is 2. The van der Waals surface area contributed by atoms with Gasteiger partial charge in [-0.15, -0.1) is 0 Å². The van der Waals surface area contributed by atoms with Crippen molar-refractivity contribution in [3.05, 3.63) is 6.33 Å². The third kappa shape index (κ3) is 3.25. The van der Waals surface area contributed by atoms with Gasteiger partial charge in [0.2, 0.25) is 0 Å². The van der Waals surface area contributed by atoms with E-state index in [-0.39, 0.29) is 0 Å². The predicted octanol–water partition coefficient (Wildman–Crippen LogP) is 0.549. The molecule has 0 spiro atoms. The molecule has 1 heterocycles. The van der Waals surface area contributed by atoms with Gasteiger partial charge in [-0.05, 0) is 6.42 Å². The van der Waals surface area contributed by atoms with Crippen molar-refractivity contribution in [2.45, 2.75) is 6.42 Å². The number of ether oxygens (including phenoxy) is 1. The molecule has 0 fully saturated rings. The highest BCUT2D eigenvalue weighted by atomic mass is 16.5. The molecule has 0 aromatic carbocycles. The lowest BCUT2D eigenvalue weighted by atomic mass is 10.4. The molecule has 15 heavy (non-hydrogen) atoms. The van der Waals surface area contributed by atoms with Crippen LogP contribution in [0.4, 0.5) is 17.3 Å². The first-order valence-corrected chi connectivity index (χ1v) is 4.80. The van der Waals surface area contributed by atoms with Gasteiger partial charge in [0, 0.05) is 27.3 Å². The summed E-state index contributed by atoms with van der Waals surface area (Å²) in [6, 6.07) is 0. The third-order valence-corrected chi connectivity index (χ3v) is 1.94. The van der Waals surface area contributed by atoms with E-state index in [1.54, 1.807) is 14.2 Å². The topological polar surface area (TPSA) is 85.1 Å². The lowest BCUT2D eigenvalue weighted by molar-refractivity contribution is 0.198. The summed E-state index contributed by atoms with van der Waals surface area (Å²) in [5.74, 6) is 1.30. The monoisotopic (exact) mass is 211 g/mol. The van der Waals surface area contributed by atoms with Gasteiger partial charge in [-0.25, -0.2) is 9.97 Å². The number of aromatic nitrogens is 2. The van der Waals surface area contributed by atoms with Crippen molar-refractivity contribution in [1.29, 1.82) is 0 Å². The minimum absolute atomic E-state index is 0.539. The second kappa shape index (κ2) is 6.02. The Labute approximate surface area is 89.2 Å². The highest BCUT2D eigenvalue weighted by Gasteiger charge is 2.04. The van der Waals surface area contributed by atoms with Crippen LogP contribution < -0.4 is 16.4 Å². The van der Waals surface area contributed by atoms with Crippen LogP contribution in [0.15, 0.2) is 6.33 Å². The number of hydrogen-bond acceptors (Lipinski definition) is 6. The molecule has 6 nitrogen and oxygen atoms in total. The van der Waals surface area contributed by atoms with E-state index >= 15 is 0 Å². The molecule has 84 valence electrons. The molecule has 0 unspecified atom stereocenters. The number of nitrogens with two attached hydrogens (primary N) is 1. The molecular formula is C9H17N5O. The molecule has 0 amide bonds. The first kappa shape index (κ1) is 11.5. The molecule has 0 saturated heterocycles. The Morgan fingerprint density at radius 2 is 2.13 bits per heavy atom. The number of rotatable bonds is 6. The fraction of sp³-hybridized carbons (Fsp3) is 0.556. The van der Waals surface area contributed by atoms with Gasteiger partial charge in [-0.1, -0.05) is 0 Å². The van der Waals surface area contributed by atoms with E-state index in [1.165, 1.54) is 6.33 Å². The van der Waals surface area contributed by atoms with Crippen molar-refractivity contribution in [3.8, 4) is 0 Å². The summed E-state index contributed by atoms with van der Waals surface area (Å²) >= 11 is 0. The molecule has 1 aromatic rings. The van der Waals surface area contributed by atoms with Crippen LogP contribution in [0.5, 0.6) is 0 Å². The Balaban J connectivity index is 2.53. The zero-order valence-corrected chi connectivity index (χ0v) is 9.08. The molecule has 0 aliphatic carbocycles. The second-order valence-electron chi connectivity index (χ2n) is 3.01. The van der Waals surface area contributed by atoms with Crippen molar-refractivity contribution < 1.29 is 4.74 Å². The van der Waals surface area contributed by atoms with Gasteiger partial charge in [0.05, 0.1) is 0 Å². The van der Waals surface area contributed by atoms with E-state index in [0.29, 0.717) is 17.3 Å². The van der Waals surface area contributed by atoms with Crippen molar-refractivity contribution in [3.63, 3.8) is 0 Å². The summed E-state index contributed by atoms with van der Waals surface area (Å²) in [6.07, 6.45) is 2.38. The summed E-state index contributed by atoms with van der Waals surface area (Å²) in [5.41, 5.74) is 6.37. The first-order chi connectivity index (χ1) is 7.29. The summed E-state index contributed by atoms with van der Waals surface area (Å²) in [6.45, 7) is 1.50. The maximum atomic E-state index is 5.83. The van der Waals surface area contributed by atoms with Gasteiger partial charge in [0.1, 0.15) is 12.0 Å². The van der Waals surface area contributed by atoms with Gasteiger partial charge < -0.3 is 21.1 Å². The molecule has 0 saturated carbocycles. The fourth-order valence-corrected chi connectivity index (χ4v) is 1.16. The molecule has 0 aliphatic heterocycles. The summed E-state index contributed by atoms with van der Waals surface area (Å²) < 4.78 is 4.94. The molecule has 4 N–H and O–H groups in total. The number of nitrogen functional groups attached to an aromatic ring is 1. The van der Waals surface area contributed by atoms with Gasteiger partial charge in [0.15, 0.2) is 11.6 Å². The Morgan fingerprint density at radius 3 is 2.80 bits per heavy atom. The Hall–Kier alpha value is -1.56. The first-order valence-electron chi connectivity index (χ1n) is 4.80. The number of hydrogen-bond donors (Lipinski definition) is 3. The fourth-order valence-electron chi connectivity index (χ4n) is 1.16. The Kier molecular flexibility index (Phi) is 4.62. The predicted molar refractivity (Wildman–Crippen MR) is 61.0 cm³/mol. The van der Waals surface area contributed by atoms with E-state index in [4.69, 9.17) is 10.5 Å². The Morgan fingerprint density at radius 1 is 1.40 bits per heavy atom. The molecular weight excluding hydrogens is 194 g/mol. The maximum absolute atomic E-state index is 5.83. The molecule has 0 radical (unpaired) electrons. The van der Waals surface area contributed by atoms with E-state index in [1.807, 2.05) is 0 Å². The van der Waals surface area contributed by atoms with Crippen LogP contribution in [0, 0.1) is 0 Å². The highest BCUT2D eigenvalue weighted by Crippen LogP contribution is 2.21. The summed E-state index contributed by atoms with van der Waals surface area (Å²) in [7, 11) is 3.45. The number of methoxy groups -OCH3 is 1. The van der Waals surface area contributed by atoms with Crippen LogP contribution in [-0.4, -0.2) is 37.3 Å². The Bertz CT molecular complexity index is 305. The standard InChI is InChI=1S/C9H17N5O/c1-11-8-7(10)9(14-6-13-8)12-4-3-5-15-2/h6H,3-5,10H2,1-2H3,(H2,11,12,13,14). The molecule has 0 aliphatic rings. The smallest absolute Gasteiger partial charge is 0.154 e. The van der Waals surface area contributed by atoms with Crippen LogP contribution in [0.3, 0.4) is 0 Å². The van der Waals surface area contributed by atoms with Gasteiger partial charge in [0.25, 0.3) is 0 Å². The summed E-state index contributed by atoms with van der Waals surface area (Å²) in [4.78, 5) is 8.05. The van der Waals surface area contributed by atoms with Crippen molar-refractivity contribution in [2.75, 3.05) is 43.7 Å². The van der Waals surface area contributed by atoms with Crippen molar-refractivity contribution in [2.24, 2.45) is 0 Å².